The number of carboxylic acids is 1. The van der Waals surface area contributed by atoms with Crippen molar-refractivity contribution in [3.05, 3.63) is 23.2 Å². The van der Waals surface area contributed by atoms with Crippen LogP contribution >= 0.6 is 0 Å². The molecule has 1 unspecified atom stereocenters. The quantitative estimate of drug-likeness (QED) is 0.834. The Hall–Kier alpha value is -1.10. The van der Waals surface area contributed by atoms with Crippen LogP contribution in [0.3, 0.4) is 0 Å². The van der Waals surface area contributed by atoms with Gasteiger partial charge >= 0.3 is 5.97 Å². The first-order chi connectivity index (χ1) is 7.54. The molecule has 1 atom stereocenters. The van der Waals surface area contributed by atoms with Crippen LogP contribution in [0.4, 0.5) is 0 Å². The molecule has 0 aliphatic carbocycles. The predicted molar refractivity (Wildman–Crippen MR) is 62.0 cm³/mol. The lowest BCUT2D eigenvalue weighted by atomic mass is 10.3. The minimum atomic E-state index is -1.09. The maximum absolute atomic E-state index is 11.6. The van der Waals surface area contributed by atoms with E-state index in [1.165, 1.54) is 6.07 Å². The van der Waals surface area contributed by atoms with E-state index >= 15 is 0 Å². The topological polar surface area (TPSA) is 67.5 Å². The Bertz CT molecular complexity index is 395. The SMILES string of the molecule is CCCCS(=O)Cc1cc(C(=O)O)oc1C. The lowest BCUT2D eigenvalue weighted by Gasteiger charge is -1.99. The Kier molecular flexibility index (Phi) is 4.73. The molecule has 0 saturated carbocycles. The maximum atomic E-state index is 11.6. The highest BCUT2D eigenvalue weighted by Gasteiger charge is 2.14. The van der Waals surface area contributed by atoms with Gasteiger partial charge in [0, 0.05) is 22.1 Å². The molecule has 0 aromatic carbocycles. The van der Waals surface area contributed by atoms with E-state index < -0.39 is 16.8 Å². The lowest BCUT2D eigenvalue weighted by molar-refractivity contribution is 0.0661. The van der Waals surface area contributed by atoms with Gasteiger partial charge in [0.2, 0.25) is 5.76 Å². The maximum Gasteiger partial charge on any atom is 0.371 e. The summed E-state index contributed by atoms with van der Waals surface area (Å²) in [5.41, 5.74) is 0.729. The summed E-state index contributed by atoms with van der Waals surface area (Å²) < 4.78 is 16.7. The van der Waals surface area contributed by atoms with E-state index in [0.29, 0.717) is 17.3 Å². The lowest BCUT2D eigenvalue weighted by Crippen LogP contribution is -2.01. The van der Waals surface area contributed by atoms with E-state index in [4.69, 9.17) is 9.52 Å². The zero-order valence-electron chi connectivity index (χ0n) is 9.49. The molecule has 0 bridgehead atoms. The van der Waals surface area contributed by atoms with E-state index in [2.05, 4.69) is 0 Å². The molecule has 0 spiro atoms. The van der Waals surface area contributed by atoms with Gasteiger partial charge in [-0.25, -0.2) is 4.79 Å². The van der Waals surface area contributed by atoms with Gasteiger partial charge in [0.25, 0.3) is 0 Å². The summed E-state index contributed by atoms with van der Waals surface area (Å²) in [4.78, 5) is 10.7. The second kappa shape index (κ2) is 5.84. The van der Waals surface area contributed by atoms with Crippen LogP contribution in [0.15, 0.2) is 10.5 Å². The average Bonchev–Trinajstić information content (AvgIpc) is 2.57. The van der Waals surface area contributed by atoms with Crippen molar-refractivity contribution in [1.82, 2.24) is 0 Å². The molecule has 0 amide bonds. The van der Waals surface area contributed by atoms with Crippen molar-refractivity contribution >= 4 is 16.8 Å². The van der Waals surface area contributed by atoms with E-state index in [0.717, 1.165) is 18.4 Å². The van der Waals surface area contributed by atoms with Gasteiger partial charge in [-0.15, -0.1) is 0 Å². The number of carbonyl (C=O) groups is 1. The molecule has 1 aromatic heterocycles. The van der Waals surface area contributed by atoms with Crippen LogP contribution in [0.5, 0.6) is 0 Å². The fraction of sp³-hybridized carbons (Fsp3) is 0.545. The van der Waals surface area contributed by atoms with Crippen molar-refractivity contribution in [2.75, 3.05) is 5.75 Å². The first-order valence-electron chi connectivity index (χ1n) is 5.22. The first kappa shape index (κ1) is 13.0. The molecule has 4 nitrogen and oxygen atoms in total. The van der Waals surface area contributed by atoms with Gasteiger partial charge < -0.3 is 9.52 Å². The number of carboxylic acid groups (broad SMARTS) is 1. The van der Waals surface area contributed by atoms with Gasteiger partial charge in [-0.1, -0.05) is 13.3 Å². The number of aryl methyl sites for hydroxylation is 1. The Morgan fingerprint density at radius 2 is 2.25 bits per heavy atom. The van der Waals surface area contributed by atoms with Gasteiger partial charge in [0.05, 0.1) is 5.75 Å². The summed E-state index contributed by atoms with van der Waals surface area (Å²) in [6.07, 6.45) is 1.94. The van der Waals surface area contributed by atoms with Gasteiger partial charge in [-0.3, -0.25) is 4.21 Å². The second-order valence-corrected chi connectivity index (χ2v) is 5.22. The van der Waals surface area contributed by atoms with Crippen LogP contribution in [0, 0.1) is 6.92 Å². The summed E-state index contributed by atoms with van der Waals surface area (Å²) in [6, 6.07) is 1.46. The highest BCUT2D eigenvalue weighted by Crippen LogP contribution is 2.16. The molecular formula is C11H16O4S. The molecule has 5 heteroatoms. The van der Waals surface area contributed by atoms with Gasteiger partial charge in [-0.05, 0) is 19.4 Å². The zero-order valence-corrected chi connectivity index (χ0v) is 10.3. The zero-order chi connectivity index (χ0) is 12.1. The average molecular weight is 244 g/mol. The molecule has 16 heavy (non-hydrogen) atoms. The number of hydrogen-bond acceptors (Lipinski definition) is 3. The summed E-state index contributed by atoms with van der Waals surface area (Å²) in [7, 11) is -0.934. The van der Waals surface area contributed by atoms with Crippen molar-refractivity contribution in [3.8, 4) is 0 Å². The Morgan fingerprint density at radius 3 is 2.75 bits per heavy atom. The predicted octanol–water partition coefficient (Wildman–Crippen LogP) is 2.34. The van der Waals surface area contributed by atoms with Crippen LogP contribution in [-0.2, 0) is 16.6 Å². The van der Waals surface area contributed by atoms with E-state index in [-0.39, 0.29) is 5.76 Å². The van der Waals surface area contributed by atoms with Crippen molar-refractivity contribution in [1.29, 1.82) is 0 Å². The summed E-state index contributed by atoms with van der Waals surface area (Å²) in [5.74, 6) is 0.405. The number of unbranched alkanes of at least 4 members (excludes halogenated alkanes) is 1. The molecule has 0 aliphatic heterocycles. The van der Waals surface area contributed by atoms with Gasteiger partial charge in [0.15, 0.2) is 0 Å². The Balaban J connectivity index is 2.66. The Labute approximate surface area is 97.1 Å². The van der Waals surface area contributed by atoms with Crippen molar-refractivity contribution in [3.63, 3.8) is 0 Å². The van der Waals surface area contributed by atoms with E-state index in [9.17, 15) is 9.00 Å². The summed E-state index contributed by atoms with van der Waals surface area (Å²) in [6.45, 7) is 3.74. The smallest absolute Gasteiger partial charge is 0.371 e. The molecule has 1 aromatic rings. The number of hydrogen-bond donors (Lipinski definition) is 1. The van der Waals surface area contributed by atoms with E-state index in [1.807, 2.05) is 6.92 Å². The van der Waals surface area contributed by atoms with Crippen LogP contribution in [-0.4, -0.2) is 21.0 Å². The van der Waals surface area contributed by atoms with Crippen LogP contribution < -0.4 is 0 Å². The normalized spacial score (nSPS) is 12.6. The van der Waals surface area contributed by atoms with Gasteiger partial charge in [0.1, 0.15) is 5.76 Å². The standard InChI is InChI=1S/C11H16O4S/c1-3-4-5-16(14)7-9-6-10(11(12)13)15-8(9)2/h6H,3-5,7H2,1-2H3,(H,12,13). The van der Waals surface area contributed by atoms with Crippen molar-refractivity contribution in [2.24, 2.45) is 0 Å². The monoisotopic (exact) mass is 244 g/mol. The van der Waals surface area contributed by atoms with E-state index in [1.54, 1.807) is 6.92 Å². The number of furan rings is 1. The van der Waals surface area contributed by atoms with Crippen LogP contribution in [0.25, 0.3) is 0 Å². The minimum Gasteiger partial charge on any atom is -0.475 e. The van der Waals surface area contributed by atoms with Crippen molar-refractivity contribution < 1.29 is 18.5 Å². The van der Waals surface area contributed by atoms with Crippen LogP contribution in [0.1, 0.15) is 41.6 Å². The first-order valence-corrected chi connectivity index (χ1v) is 6.71. The van der Waals surface area contributed by atoms with Crippen LogP contribution in [0.2, 0.25) is 0 Å². The highest BCUT2D eigenvalue weighted by atomic mass is 32.2. The van der Waals surface area contributed by atoms with Gasteiger partial charge in [-0.2, -0.15) is 0 Å². The third kappa shape index (κ3) is 3.48. The summed E-state index contributed by atoms with van der Waals surface area (Å²) in [5, 5.41) is 8.73. The highest BCUT2D eigenvalue weighted by molar-refractivity contribution is 7.84. The molecule has 90 valence electrons. The second-order valence-electron chi connectivity index (χ2n) is 3.64. The molecule has 1 heterocycles. The largest absolute Gasteiger partial charge is 0.475 e. The third-order valence-electron chi connectivity index (χ3n) is 2.27. The molecular weight excluding hydrogens is 228 g/mol. The molecule has 0 radical (unpaired) electrons. The number of rotatable bonds is 6. The fourth-order valence-electron chi connectivity index (χ4n) is 1.32. The minimum absolute atomic E-state index is 0.0833. The summed E-state index contributed by atoms with van der Waals surface area (Å²) >= 11 is 0. The molecule has 0 fully saturated rings. The molecule has 0 aliphatic rings. The van der Waals surface area contributed by atoms with Crippen molar-refractivity contribution in [2.45, 2.75) is 32.4 Å². The molecule has 1 N–H and O–H groups in total. The fourth-order valence-corrected chi connectivity index (χ4v) is 2.71. The molecule has 1 rings (SSSR count). The third-order valence-corrected chi connectivity index (χ3v) is 3.65. The Morgan fingerprint density at radius 1 is 1.56 bits per heavy atom. The number of aromatic carboxylic acids is 1. The molecule has 0 saturated heterocycles.